The van der Waals surface area contributed by atoms with Gasteiger partial charge in [0.15, 0.2) is 11.5 Å². The molecule has 8 N–H and O–H groups in total. The number of nitrogens with one attached hydrogen (secondary N) is 2. The summed E-state index contributed by atoms with van der Waals surface area (Å²) in [5.41, 5.74) is 6.84. The highest BCUT2D eigenvalue weighted by Gasteiger charge is 2.38. The molecule has 0 aromatic heterocycles. The van der Waals surface area contributed by atoms with Crippen molar-refractivity contribution in [1.29, 1.82) is 0 Å². The normalized spacial score (nSPS) is 23.6. The van der Waals surface area contributed by atoms with Gasteiger partial charge in [-0.3, -0.25) is 14.9 Å². The summed E-state index contributed by atoms with van der Waals surface area (Å²) in [5, 5.41) is 75.3. The van der Waals surface area contributed by atoms with E-state index in [1.807, 2.05) is 30.3 Å². The smallest absolute Gasteiger partial charge is 0.168 e. The van der Waals surface area contributed by atoms with Gasteiger partial charge in [-0.2, -0.15) is 0 Å². The Morgan fingerprint density at radius 3 is 2.50 bits per heavy atom. The summed E-state index contributed by atoms with van der Waals surface area (Å²) in [4.78, 5) is 26.8. The quantitative estimate of drug-likeness (QED) is 0.0339. The number of hydrogen-bond acceptors (Lipinski definition) is 14. The number of carbonyl (C=O) groups excluding carboxylic acids is 2. The molecule has 3 aliphatic carbocycles. The number of phenolic OH excluding ortho intramolecular Hbond substituents is 2. The van der Waals surface area contributed by atoms with Crippen LogP contribution in [0.25, 0.3) is 21.9 Å². The number of anilines is 1. The number of rotatable bonds is 14. The third kappa shape index (κ3) is 11.7. The Kier molecular flexibility index (Phi) is 17.0. The molecule has 6 atom stereocenters. The van der Waals surface area contributed by atoms with Crippen LogP contribution in [-0.4, -0.2) is 92.1 Å². The number of carbonyl (C=O) groups is 2. The van der Waals surface area contributed by atoms with Crippen LogP contribution >= 0.6 is 21.6 Å². The first-order valence-corrected chi connectivity index (χ1v) is 27.1. The van der Waals surface area contributed by atoms with Crippen molar-refractivity contribution in [1.82, 2.24) is 5.32 Å². The van der Waals surface area contributed by atoms with Gasteiger partial charge in [-0.05, 0) is 164 Å². The fourth-order valence-corrected chi connectivity index (χ4v) is 14.3. The highest BCUT2D eigenvalue weighted by molar-refractivity contribution is 8.76. The Bertz CT molecular complexity index is 2420. The first-order valence-electron chi connectivity index (χ1n) is 24.7. The molecular formula is C54H70N2O10S2. The summed E-state index contributed by atoms with van der Waals surface area (Å²) in [5.74, 6) is 0.802. The van der Waals surface area contributed by atoms with Crippen molar-refractivity contribution in [3.63, 3.8) is 0 Å². The van der Waals surface area contributed by atoms with Gasteiger partial charge in [0.05, 0.1) is 38.1 Å². The van der Waals surface area contributed by atoms with Crippen molar-refractivity contribution in [2.75, 3.05) is 32.1 Å². The number of fused-ring (bicyclic) bond motifs is 10. The average molecular weight is 971 g/mol. The van der Waals surface area contributed by atoms with E-state index in [1.165, 1.54) is 14.0 Å². The molecule has 0 saturated heterocycles. The zero-order chi connectivity index (χ0) is 48.0. The van der Waals surface area contributed by atoms with Gasteiger partial charge < -0.3 is 45.4 Å². The number of aliphatic hydroxyl groups excluding tert-OH is 3. The first-order chi connectivity index (χ1) is 32.9. The standard InChI is InChI=1S/C54H70N2O10S2/c1-32(59)28-56-51-37(30-58)24-44(43-23-33(29-57)7-15-41(43)51)53(55-22-6-21-54(64)19-4-3-5-20-54)66-48-27-39(61)14-9-35-11-17-46(62)52(65-2)50(35)40-16-10-34-8-13-38(60)26-42(34)45(40)31-67-68-49-18-12-36(48)25-47(49)63/h8,10-11,13,16-17,24,26,33,36,47-49,53,55-58,60,62-64H,3-7,9,12,14-15,18-23,25,27-31H2,1-2H3. The molecule has 12 nitrogen and oxygen atoms in total. The van der Waals surface area contributed by atoms with Crippen LogP contribution in [-0.2, 0) is 45.9 Å². The van der Waals surface area contributed by atoms with Crippen LogP contribution in [0.3, 0.4) is 0 Å². The van der Waals surface area contributed by atoms with E-state index in [1.54, 1.807) is 39.8 Å². The van der Waals surface area contributed by atoms with E-state index in [2.05, 4.69) is 10.6 Å². The van der Waals surface area contributed by atoms with Crippen LogP contribution in [0.4, 0.5) is 5.69 Å². The average Bonchev–Trinajstić information content (AvgIpc) is 3.33. The van der Waals surface area contributed by atoms with E-state index in [0.29, 0.717) is 74.1 Å². The van der Waals surface area contributed by atoms with Crippen LogP contribution in [0.2, 0.25) is 0 Å². The molecule has 0 spiro atoms. The maximum Gasteiger partial charge on any atom is 0.168 e. The van der Waals surface area contributed by atoms with Crippen LogP contribution < -0.4 is 15.4 Å². The third-order valence-electron chi connectivity index (χ3n) is 15.1. The molecule has 2 bridgehead atoms. The second kappa shape index (κ2) is 22.9. The van der Waals surface area contributed by atoms with E-state index >= 15 is 0 Å². The molecule has 2 aliphatic heterocycles. The van der Waals surface area contributed by atoms with Gasteiger partial charge in [-0.15, -0.1) is 0 Å². The summed E-state index contributed by atoms with van der Waals surface area (Å²) < 4.78 is 13.2. The van der Waals surface area contributed by atoms with Crippen molar-refractivity contribution >= 4 is 49.6 Å². The minimum Gasteiger partial charge on any atom is -0.508 e. The van der Waals surface area contributed by atoms with E-state index in [-0.39, 0.29) is 72.8 Å². The van der Waals surface area contributed by atoms with Crippen LogP contribution in [0.1, 0.15) is 130 Å². The summed E-state index contributed by atoms with van der Waals surface area (Å²) >= 11 is 0. The maximum absolute atomic E-state index is 14.6. The number of ketones is 2. The Hall–Kier alpha value is -3.86. The van der Waals surface area contributed by atoms with Crippen molar-refractivity contribution in [2.24, 2.45) is 11.8 Å². The van der Waals surface area contributed by atoms with E-state index in [0.717, 1.165) is 94.8 Å². The minimum absolute atomic E-state index is 0.00856. The van der Waals surface area contributed by atoms with Gasteiger partial charge >= 0.3 is 0 Å². The molecule has 0 radical (unpaired) electrons. The Morgan fingerprint density at radius 1 is 0.941 bits per heavy atom. The number of aryl methyl sites for hydroxylation is 1. The monoisotopic (exact) mass is 970 g/mol. The number of Topliss-reactive ketones (excluding diaryl/α,β-unsaturated/α-hetero) is 2. The molecule has 9 rings (SSSR count). The second-order valence-corrected chi connectivity index (χ2v) is 22.4. The minimum atomic E-state index is -0.726. The lowest BCUT2D eigenvalue weighted by Gasteiger charge is -2.39. The molecule has 6 unspecified atom stereocenters. The van der Waals surface area contributed by atoms with Crippen LogP contribution in [0.5, 0.6) is 17.2 Å². The SMILES string of the molecule is COc1c(O)ccc2c1-c1ccc3ccc(O)cc3c1CSSC1CCC(CC1O)C(OC(NCCCC1(O)CCCCC1)c1cc(CO)c(NCC(C)=O)c3c1CC(CO)CC3)CC(=O)CC2. The van der Waals surface area contributed by atoms with Crippen molar-refractivity contribution in [3.8, 4) is 28.4 Å². The predicted molar refractivity (Wildman–Crippen MR) is 270 cm³/mol. The summed E-state index contributed by atoms with van der Waals surface area (Å²) in [6.07, 6.45) is 8.61. The van der Waals surface area contributed by atoms with Gasteiger partial charge in [-0.25, -0.2) is 0 Å². The molecule has 4 aromatic rings. The van der Waals surface area contributed by atoms with Gasteiger partial charge in [0.2, 0.25) is 0 Å². The predicted octanol–water partition coefficient (Wildman–Crippen LogP) is 8.98. The largest absolute Gasteiger partial charge is 0.508 e. The van der Waals surface area contributed by atoms with Crippen molar-refractivity contribution in [3.05, 3.63) is 81.9 Å². The number of aliphatic hydroxyl groups is 4. The molecule has 5 aliphatic rings. The molecule has 2 heterocycles. The zero-order valence-corrected chi connectivity index (χ0v) is 41.2. The highest BCUT2D eigenvalue weighted by Crippen LogP contribution is 2.48. The number of hydrogen-bond donors (Lipinski definition) is 8. The third-order valence-corrected chi connectivity index (χ3v) is 17.9. The topological polar surface area (TPSA) is 198 Å². The molecule has 2 saturated carbocycles. The molecule has 2 fully saturated rings. The Morgan fingerprint density at radius 2 is 1.75 bits per heavy atom. The van der Waals surface area contributed by atoms with Gasteiger partial charge in [0.25, 0.3) is 0 Å². The van der Waals surface area contributed by atoms with Crippen molar-refractivity contribution in [2.45, 2.75) is 151 Å². The van der Waals surface area contributed by atoms with Gasteiger partial charge in [0, 0.05) is 47.3 Å². The Balaban J connectivity index is 1.16. The van der Waals surface area contributed by atoms with Crippen LogP contribution in [0, 0.1) is 11.8 Å². The van der Waals surface area contributed by atoms with Gasteiger partial charge in [-0.1, -0.05) is 65.1 Å². The van der Waals surface area contributed by atoms with E-state index in [4.69, 9.17) is 9.47 Å². The first kappa shape index (κ1) is 50.5. The number of phenols is 2. The molecule has 68 heavy (non-hydrogen) atoms. The molecule has 4 aromatic carbocycles. The number of benzene rings is 4. The Labute approximate surface area is 408 Å². The lowest BCUT2D eigenvalue weighted by molar-refractivity contribution is -0.128. The second-order valence-electron chi connectivity index (χ2n) is 19.8. The summed E-state index contributed by atoms with van der Waals surface area (Å²) in [6.45, 7) is 1.91. The van der Waals surface area contributed by atoms with E-state index < -0.39 is 24.0 Å². The molecule has 0 amide bonds. The summed E-state index contributed by atoms with van der Waals surface area (Å²) in [6, 6.07) is 14.8. The maximum atomic E-state index is 14.6. The fraction of sp³-hybridized carbons (Fsp3) is 0.556. The number of ether oxygens (including phenoxy) is 2. The highest BCUT2D eigenvalue weighted by atomic mass is 33.1. The molecule has 368 valence electrons. The zero-order valence-electron chi connectivity index (χ0n) is 39.6. The van der Waals surface area contributed by atoms with Crippen LogP contribution in [0.15, 0.2) is 48.5 Å². The number of aromatic hydroxyl groups is 2. The fourth-order valence-electron chi connectivity index (χ4n) is 11.4. The lowest BCUT2D eigenvalue weighted by atomic mass is 9.79. The van der Waals surface area contributed by atoms with Gasteiger partial charge in [0.1, 0.15) is 23.5 Å². The van der Waals surface area contributed by atoms with E-state index in [9.17, 15) is 40.2 Å². The summed E-state index contributed by atoms with van der Waals surface area (Å²) in [7, 11) is 4.84. The molecular weight excluding hydrogens is 901 g/mol. The number of methoxy groups -OCH3 is 1. The lowest BCUT2D eigenvalue weighted by Crippen LogP contribution is -2.41. The van der Waals surface area contributed by atoms with Crippen molar-refractivity contribution < 1.29 is 49.7 Å². The molecule has 14 heteroatoms.